The van der Waals surface area contributed by atoms with E-state index in [1.54, 1.807) is 0 Å². The maximum absolute atomic E-state index is 12.0. The fraction of sp³-hybridized carbons (Fsp3) is 0.714. The van der Waals surface area contributed by atoms with Crippen molar-refractivity contribution in [3.8, 4) is 0 Å². The van der Waals surface area contributed by atoms with Crippen LogP contribution in [0.1, 0.15) is 57.7 Å². The summed E-state index contributed by atoms with van der Waals surface area (Å²) in [7, 11) is 0. The van der Waals surface area contributed by atoms with Crippen molar-refractivity contribution in [2.45, 2.75) is 64.0 Å². The van der Waals surface area contributed by atoms with E-state index in [2.05, 4.69) is 18.9 Å². The van der Waals surface area contributed by atoms with Gasteiger partial charge >= 0.3 is 0 Å². The lowest BCUT2D eigenvalue weighted by molar-refractivity contribution is -0.119. The van der Waals surface area contributed by atoms with Crippen molar-refractivity contribution in [3.63, 3.8) is 0 Å². The predicted molar refractivity (Wildman–Crippen MR) is 71.3 cm³/mol. The molecule has 0 aliphatic heterocycles. The van der Waals surface area contributed by atoms with Crippen molar-refractivity contribution in [1.82, 2.24) is 9.78 Å². The highest BCUT2D eigenvalue weighted by molar-refractivity contribution is 5.81. The smallest absolute Gasteiger partial charge is 0.140 e. The number of carbonyl (C=O) groups is 1. The van der Waals surface area contributed by atoms with Gasteiger partial charge in [-0.1, -0.05) is 12.8 Å². The lowest BCUT2D eigenvalue weighted by Crippen LogP contribution is -2.39. The summed E-state index contributed by atoms with van der Waals surface area (Å²) < 4.78 is 1.89. The van der Waals surface area contributed by atoms with Gasteiger partial charge in [-0.15, -0.1) is 0 Å². The third-order valence-electron chi connectivity index (χ3n) is 3.72. The largest absolute Gasteiger partial charge is 0.325 e. The topological polar surface area (TPSA) is 60.9 Å². The zero-order valence-corrected chi connectivity index (χ0v) is 11.4. The molecule has 1 fully saturated rings. The average molecular weight is 249 g/mol. The van der Waals surface area contributed by atoms with Crippen LogP contribution in [0.3, 0.4) is 0 Å². The molecule has 1 aromatic heterocycles. The summed E-state index contributed by atoms with van der Waals surface area (Å²) in [6.07, 6.45) is 7.14. The molecule has 2 N–H and O–H groups in total. The summed E-state index contributed by atoms with van der Waals surface area (Å²) in [4.78, 5) is 12.0. The molecule has 0 unspecified atom stereocenters. The predicted octanol–water partition coefficient (Wildman–Crippen LogP) is 2.24. The SMILES string of the molecule is CC(C)n1ccc(CC(=O)CC2(N)CCCC2)n1. The first kappa shape index (κ1) is 13.3. The van der Waals surface area contributed by atoms with E-state index in [9.17, 15) is 4.79 Å². The van der Waals surface area contributed by atoms with Crippen LogP contribution in [0.25, 0.3) is 0 Å². The molecule has 0 spiro atoms. The standard InChI is InChI=1S/C14H23N3O/c1-11(2)17-8-5-12(16-17)9-13(18)10-14(15)6-3-4-7-14/h5,8,11H,3-4,6-7,9-10,15H2,1-2H3. The minimum Gasteiger partial charge on any atom is -0.325 e. The van der Waals surface area contributed by atoms with Gasteiger partial charge in [0.15, 0.2) is 0 Å². The molecule has 0 saturated heterocycles. The molecule has 18 heavy (non-hydrogen) atoms. The molecule has 1 heterocycles. The lowest BCUT2D eigenvalue weighted by atomic mass is 9.91. The number of carbonyl (C=O) groups excluding carboxylic acids is 1. The summed E-state index contributed by atoms with van der Waals surface area (Å²) in [5, 5.41) is 4.40. The molecule has 4 nitrogen and oxygen atoms in total. The van der Waals surface area contributed by atoms with Crippen LogP contribution in [0.4, 0.5) is 0 Å². The fourth-order valence-electron chi connectivity index (χ4n) is 2.67. The Morgan fingerprint density at radius 2 is 2.17 bits per heavy atom. The van der Waals surface area contributed by atoms with E-state index in [-0.39, 0.29) is 11.3 Å². The molecule has 0 amide bonds. The number of rotatable bonds is 5. The zero-order chi connectivity index (χ0) is 13.2. The van der Waals surface area contributed by atoms with Gasteiger partial charge in [0, 0.05) is 24.2 Å². The van der Waals surface area contributed by atoms with Crippen molar-refractivity contribution < 1.29 is 4.79 Å². The number of nitrogens with two attached hydrogens (primary N) is 1. The van der Waals surface area contributed by atoms with Crippen LogP contribution in [-0.4, -0.2) is 21.1 Å². The lowest BCUT2D eigenvalue weighted by Gasteiger charge is -2.22. The van der Waals surface area contributed by atoms with Gasteiger partial charge in [-0.3, -0.25) is 9.48 Å². The highest BCUT2D eigenvalue weighted by atomic mass is 16.1. The Kier molecular flexibility index (Phi) is 3.85. The molecular formula is C14H23N3O. The second kappa shape index (κ2) is 5.22. The molecule has 0 bridgehead atoms. The number of aromatic nitrogens is 2. The van der Waals surface area contributed by atoms with E-state index in [1.165, 1.54) is 0 Å². The summed E-state index contributed by atoms with van der Waals surface area (Å²) in [5.41, 5.74) is 6.84. The van der Waals surface area contributed by atoms with Gasteiger partial charge in [0.25, 0.3) is 0 Å². The van der Waals surface area contributed by atoms with Gasteiger partial charge in [-0.05, 0) is 32.8 Å². The Labute approximate surface area is 109 Å². The highest BCUT2D eigenvalue weighted by Crippen LogP contribution is 2.30. The van der Waals surface area contributed by atoms with Gasteiger partial charge in [0.1, 0.15) is 5.78 Å². The van der Waals surface area contributed by atoms with Gasteiger partial charge < -0.3 is 5.73 Å². The van der Waals surface area contributed by atoms with E-state index < -0.39 is 0 Å². The van der Waals surface area contributed by atoms with Gasteiger partial charge in [-0.2, -0.15) is 5.10 Å². The molecule has 0 aromatic carbocycles. The quantitative estimate of drug-likeness (QED) is 0.870. The van der Waals surface area contributed by atoms with Crippen molar-refractivity contribution in [2.75, 3.05) is 0 Å². The van der Waals surface area contributed by atoms with Crippen LogP contribution in [0.15, 0.2) is 12.3 Å². The molecule has 1 aliphatic rings. The third kappa shape index (κ3) is 3.19. The molecule has 1 aromatic rings. The van der Waals surface area contributed by atoms with Gasteiger partial charge in [-0.25, -0.2) is 0 Å². The molecular weight excluding hydrogens is 226 g/mol. The number of Topliss-reactive ketones (excluding diaryl/α,β-unsaturated/α-hetero) is 1. The first-order valence-electron chi connectivity index (χ1n) is 6.83. The van der Waals surface area contributed by atoms with Crippen molar-refractivity contribution in [1.29, 1.82) is 0 Å². The normalized spacial score (nSPS) is 18.4. The second-order valence-corrected chi connectivity index (χ2v) is 5.84. The zero-order valence-electron chi connectivity index (χ0n) is 11.4. The summed E-state index contributed by atoms with van der Waals surface area (Å²) in [6, 6.07) is 2.26. The molecule has 1 aliphatic carbocycles. The van der Waals surface area contributed by atoms with Crippen LogP contribution >= 0.6 is 0 Å². The van der Waals surface area contributed by atoms with E-state index in [1.807, 2.05) is 16.9 Å². The first-order chi connectivity index (χ1) is 8.48. The molecule has 2 rings (SSSR count). The van der Waals surface area contributed by atoms with E-state index in [0.29, 0.717) is 18.9 Å². The number of hydrogen-bond acceptors (Lipinski definition) is 3. The van der Waals surface area contributed by atoms with Crippen molar-refractivity contribution in [3.05, 3.63) is 18.0 Å². The number of nitrogens with zero attached hydrogens (tertiary/aromatic N) is 2. The Morgan fingerprint density at radius 3 is 2.72 bits per heavy atom. The molecule has 0 radical (unpaired) electrons. The van der Waals surface area contributed by atoms with Crippen LogP contribution in [0.5, 0.6) is 0 Å². The molecule has 100 valence electrons. The number of hydrogen-bond donors (Lipinski definition) is 1. The van der Waals surface area contributed by atoms with Crippen molar-refractivity contribution >= 4 is 5.78 Å². The van der Waals surface area contributed by atoms with Crippen LogP contribution in [0, 0.1) is 0 Å². The van der Waals surface area contributed by atoms with E-state index in [4.69, 9.17) is 5.73 Å². The van der Waals surface area contributed by atoms with Crippen molar-refractivity contribution in [2.24, 2.45) is 5.73 Å². The summed E-state index contributed by atoms with van der Waals surface area (Å²) in [5.74, 6) is 0.216. The Hall–Kier alpha value is -1.16. The Balaban J connectivity index is 1.90. The second-order valence-electron chi connectivity index (χ2n) is 5.84. The minimum absolute atomic E-state index is 0.216. The monoisotopic (exact) mass is 249 g/mol. The third-order valence-corrected chi connectivity index (χ3v) is 3.72. The minimum atomic E-state index is -0.238. The summed E-state index contributed by atoms with van der Waals surface area (Å²) in [6.45, 7) is 4.15. The highest BCUT2D eigenvalue weighted by Gasteiger charge is 2.31. The van der Waals surface area contributed by atoms with Crippen LogP contribution in [0.2, 0.25) is 0 Å². The maximum atomic E-state index is 12.0. The maximum Gasteiger partial charge on any atom is 0.140 e. The molecule has 1 saturated carbocycles. The first-order valence-corrected chi connectivity index (χ1v) is 6.83. The van der Waals surface area contributed by atoms with Crippen LogP contribution < -0.4 is 5.73 Å². The number of ketones is 1. The van der Waals surface area contributed by atoms with Crippen LogP contribution in [-0.2, 0) is 11.2 Å². The summed E-state index contributed by atoms with van der Waals surface area (Å²) >= 11 is 0. The van der Waals surface area contributed by atoms with E-state index >= 15 is 0 Å². The Bertz CT molecular complexity index is 416. The molecule has 4 heteroatoms. The molecule has 0 atom stereocenters. The van der Waals surface area contributed by atoms with E-state index in [0.717, 1.165) is 31.4 Å². The fourth-order valence-corrected chi connectivity index (χ4v) is 2.67. The van der Waals surface area contributed by atoms with Gasteiger partial charge in [0.05, 0.1) is 12.1 Å². The van der Waals surface area contributed by atoms with Gasteiger partial charge in [0.2, 0.25) is 0 Å². The average Bonchev–Trinajstić information content (AvgIpc) is 2.87. The Morgan fingerprint density at radius 1 is 1.50 bits per heavy atom.